The Kier molecular flexibility index (Phi) is 8.30. The van der Waals surface area contributed by atoms with Crippen LogP contribution in [0, 0.1) is 0 Å². The number of hydrogen-bond donors (Lipinski definition) is 2. The molecule has 0 amide bonds. The number of aromatic nitrogens is 3. The lowest BCUT2D eigenvalue weighted by Gasteiger charge is -2.38. The largest absolute Gasteiger partial charge is 0.381 e. The first-order valence-electron chi connectivity index (χ1n) is 8.74. The Balaban J connectivity index is 0.00000261. The van der Waals surface area contributed by atoms with Crippen LogP contribution >= 0.6 is 35.6 Å². The molecule has 0 aliphatic carbocycles. The second-order valence-electron chi connectivity index (χ2n) is 6.48. The molecule has 1 fully saturated rings. The minimum Gasteiger partial charge on any atom is -0.381 e. The van der Waals surface area contributed by atoms with E-state index in [1.54, 1.807) is 18.1 Å². The van der Waals surface area contributed by atoms with E-state index >= 15 is 0 Å². The lowest BCUT2D eigenvalue weighted by atomic mass is 9.74. The lowest BCUT2D eigenvalue weighted by Crippen LogP contribution is -2.48. The molecular formula is C18H26ClIN6O. The molecule has 0 radical (unpaired) electrons. The average molecular weight is 505 g/mol. The Hall–Kier alpha value is -1.39. The van der Waals surface area contributed by atoms with Gasteiger partial charge in [-0.1, -0.05) is 23.7 Å². The Morgan fingerprint density at radius 1 is 1.33 bits per heavy atom. The van der Waals surface area contributed by atoms with E-state index in [0.717, 1.165) is 49.4 Å². The number of aliphatic imine (C=N–C) groups is 1. The second-order valence-corrected chi connectivity index (χ2v) is 6.92. The van der Waals surface area contributed by atoms with Gasteiger partial charge in [0.05, 0.1) is 6.54 Å². The molecule has 27 heavy (non-hydrogen) atoms. The molecule has 9 heteroatoms. The summed E-state index contributed by atoms with van der Waals surface area (Å²) in [5.74, 6) is 1.59. The molecule has 7 nitrogen and oxygen atoms in total. The van der Waals surface area contributed by atoms with E-state index in [9.17, 15) is 0 Å². The minimum absolute atomic E-state index is 0. The molecule has 1 aliphatic rings. The smallest absolute Gasteiger partial charge is 0.191 e. The standard InChI is InChI=1S/C18H25ClN6O.HI/c1-20-17(21-11-16-23-13-24-25(16)2)22-12-18(6-8-26-9-7-18)14-4-3-5-15(19)10-14;/h3-5,10,13H,6-9,11-12H2,1-2H3,(H2,20,21,22);1H. The van der Waals surface area contributed by atoms with Crippen LogP contribution in [0.3, 0.4) is 0 Å². The lowest BCUT2D eigenvalue weighted by molar-refractivity contribution is 0.0514. The fourth-order valence-electron chi connectivity index (χ4n) is 3.26. The van der Waals surface area contributed by atoms with Gasteiger partial charge in [-0.05, 0) is 30.5 Å². The van der Waals surface area contributed by atoms with Gasteiger partial charge in [0.15, 0.2) is 5.96 Å². The van der Waals surface area contributed by atoms with Crippen LogP contribution in [-0.4, -0.2) is 47.5 Å². The fourth-order valence-corrected chi connectivity index (χ4v) is 3.45. The number of benzene rings is 1. The highest BCUT2D eigenvalue weighted by atomic mass is 127. The molecule has 0 atom stereocenters. The van der Waals surface area contributed by atoms with E-state index in [2.05, 4.69) is 37.8 Å². The molecule has 0 saturated carbocycles. The molecule has 148 valence electrons. The molecule has 3 rings (SSSR count). The highest BCUT2D eigenvalue weighted by molar-refractivity contribution is 14.0. The van der Waals surface area contributed by atoms with E-state index in [0.29, 0.717) is 6.54 Å². The van der Waals surface area contributed by atoms with Crippen molar-refractivity contribution in [2.75, 3.05) is 26.8 Å². The predicted molar refractivity (Wildman–Crippen MR) is 118 cm³/mol. The van der Waals surface area contributed by atoms with Crippen molar-refractivity contribution in [3.05, 3.63) is 47.0 Å². The van der Waals surface area contributed by atoms with Crippen molar-refractivity contribution in [1.82, 2.24) is 25.4 Å². The van der Waals surface area contributed by atoms with Gasteiger partial charge in [0.2, 0.25) is 0 Å². The summed E-state index contributed by atoms with van der Waals surface area (Å²) in [5.41, 5.74) is 1.22. The van der Waals surface area contributed by atoms with E-state index in [4.69, 9.17) is 16.3 Å². The molecule has 0 spiro atoms. The Bertz CT molecular complexity index is 760. The van der Waals surface area contributed by atoms with E-state index in [-0.39, 0.29) is 29.4 Å². The van der Waals surface area contributed by atoms with Gasteiger partial charge >= 0.3 is 0 Å². The van der Waals surface area contributed by atoms with Crippen molar-refractivity contribution in [2.24, 2.45) is 12.0 Å². The molecule has 1 saturated heterocycles. The third-order valence-electron chi connectivity index (χ3n) is 4.92. The van der Waals surface area contributed by atoms with Crippen LogP contribution in [0.2, 0.25) is 5.02 Å². The number of nitrogens with one attached hydrogen (secondary N) is 2. The summed E-state index contributed by atoms with van der Waals surface area (Å²) in [4.78, 5) is 8.54. The van der Waals surface area contributed by atoms with Crippen LogP contribution in [0.4, 0.5) is 0 Å². The predicted octanol–water partition coefficient (Wildman–Crippen LogP) is 2.50. The summed E-state index contributed by atoms with van der Waals surface area (Å²) in [7, 11) is 3.64. The Labute approximate surface area is 182 Å². The molecule has 2 heterocycles. The van der Waals surface area contributed by atoms with Gasteiger partial charge in [0, 0.05) is 44.3 Å². The molecule has 1 aromatic heterocycles. The molecule has 2 aromatic rings. The van der Waals surface area contributed by atoms with Crippen molar-refractivity contribution >= 4 is 41.5 Å². The summed E-state index contributed by atoms with van der Waals surface area (Å²) in [6.45, 7) is 2.82. The molecular weight excluding hydrogens is 479 g/mol. The maximum absolute atomic E-state index is 6.23. The quantitative estimate of drug-likeness (QED) is 0.372. The minimum atomic E-state index is -0.0223. The number of hydrogen-bond acceptors (Lipinski definition) is 4. The fraction of sp³-hybridized carbons (Fsp3) is 0.500. The van der Waals surface area contributed by atoms with Crippen molar-refractivity contribution in [3.8, 4) is 0 Å². The number of aryl methyl sites for hydroxylation is 1. The third kappa shape index (κ3) is 5.55. The number of rotatable bonds is 5. The van der Waals surface area contributed by atoms with Crippen LogP contribution < -0.4 is 10.6 Å². The summed E-state index contributed by atoms with van der Waals surface area (Å²) in [5, 5.41) is 11.6. The zero-order valence-corrected chi connectivity index (χ0v) is 18.7. The molecule has 1 aromatic carbocycles. The van der Waals surface area contributed by atoms with Gasteiger partial charge in [-0.15, -0.1) is 24.0 Å². The van der Waals surface area contributed by atoms with E-state index < -0.39 is 0 Å². The average Bonchev–Trinajstić information content (AvgIpc) is 3.07. The Morgan fingerprint density at radius 3 is 2.74 bits per heavy atom. The van der Waals surface area contributed by atoms with Crippen molar-refractivity contribution in [1.29, 1.82) is 0 Å². The van der Waals surface area contributed by atoms with Gasteiger partial charge in [-0.2, -0.15) is 5.10 Å². The monoisotopic (exact) mass is 504 g/mol. The highest BCUT2D eigenvalue weighted by Gasteiger charge is 2.34. The summed E-state index contributed by atoms with van der Waals surface area (Å²) in [6.07, 6.45) is 3.44. The van der Waals surface area contributed by atoms with Crippen molar-refractivity contribution < 1.29 is 4.74 Å². The number of ether oxygens (including phenoxy) is 1. The summed E-state index contributed by atoms with van der Waals surface area (Å²) < 4.78 is 7.34. The molecule has 0 bridgehead atoms. The van der Waals surface area contributed by atoms with Gasteiger partial charge < -0.3 is 15.4 Å². The number of halogens is 2. The number of nitrogens with zero attached hydrogens (tertiary/aromatic N) is 4. The van der Waals surface area contributed by atoms with Crippen LogP contribution in [0.5, 0.6) is 0 Å². The third-order valence-corrected chi connectivity index (χ3v) is 5.16. The first-order valence-corrected chi connectivity index (χ1v) is 9.12. The van der Waals surface area contributed by atoms with Gasteiger partial charge in [0.1, 0.15) is 12.2 Å². The molecule has 1 aliphatic heterocycles. The maximum atomic E-state index is 6.23. The number of guanidine groups is 1. The van der Waals surface area contributed by atoms with Crippen LogP contribution in [0.15, 0.2) is 35.6 Å². The van der Waals surface area contributed by atoms with Gasteiger partial charge in [-0.25, -0.2) is 4.98 Å². The second kappa shape index (κ2) is 10.2. The normalized spacial score (nSPS) is 16.5. The topological polar surface area (TPSA) is 76.4 Å². The SMILES string of the molecule is CN=C(NCc1ncnn1C)NCC1(c2cccc(Cl)c2)CCOCC1.I. The van der Waals surface area contributed by atoms with E-state index in [1.165, 1.54) is 5.56 Å². The van der Waals surface area contributed by atoms with E-state index in [1.807, 2.05) is 19.2 Å². The van der Waals surface area contributed by atoms with Crippen LogP contribution in [0.1, 0.15) is 24.2 Å². The first kappa shape index (κ1) is 21.9. The zero-order valence-electron chi connectivity index (χ0n) is 15.6. The molecule has 2 N–H and O–H groups in total. The maximum Gasteiger partial charge on any atom is 0.191 e. The van der Waals surface area contributed by atoms with Crippen LogP contribution in [-0.2, 0) is 23.7 Å². The summed E-state index contributed by atoms with van der Waals surface area (Å²) in [6, 6.07) is 8.13. The van der Waals surface area contributed by atoms with Gasteiger partial charge in [0.25, 0.3) is 0 Å². The van der Waals surface area contributed by atoms with Crippen molar-refractivity contribution in [2.45, 2.75) is 24.8 Å². The highest BCUT2D eigenvalue weighted by Crippen LogP contribution is 2.35. The van der Waals surface area contributed by atoms with Crippen molar-refractivity contribution in [3.63, 3.8) is 0 Å². The summed E-state index contributed by atoms with van der Waals surface area (Å²) >= 11 is 6.23. The molecule has 0 unspecified atom stereocenters. The first-order chi connectivity index (χ1) is 12.6. The van der Waals surface area contributed by atoms with Gasteiger partial charge in [-0.3, -0.25) is 9.67 Å². The van der Waals surface area contributed by atoms with Crippen LogP contribution in [0.25, 0.3) is 0 Å². The Morgan fingerprint density at radius 2 is 2.11 bits per heavy atom. The zero-order chi connectivity index (χ0) is 18.4.